The monoisotopic (exact) mass is 325 g/mol. The number of nitriles is 1. The molecule has 126 valence electrons. The van der Waals surface area contributed by atoms with Gasteiger partial charge in [0.2, 0.25) is 5.76 Å². The van der Waals surface area contributed by atoms with Crippen LogP contribution >= 0.6 is 0 Å². The maximum atomic E-state index is 9.22. The molecule has 5 heteroatoms. The van der Waals surface area contributed by atoms with Gasteiger partial charge in [-0.15, -0.1) is 0 Å². The molecule has 2 heterocycles. The van der Waals surface area contributed by atoms with Gasteiger partial charge in [-0.05, 0) is 61.7 Å². The zero-order chi connectivity index (χ0) is 16.8. The van der Waals surface area contributed by atoms with Crippen LogP contribution < -0.4 is 5.32 Å². The Morgan fingerprint density at radius 3 is 2.79 bits per heavy atom. The van der Waals surface area contributed by atoms with E-state index < -0.39 is 0 Å². The second-order valence-corrected chi connectivity index (χ2v) is 6.33. The molecule has 1 aliphatic heterocycles. The molecule has 0 aliphatic carbocycles. The van der Waals surface area contributed by atoms with E-state index in [0.717, 1.165) is 43.9 Å². The zero-order valence-electron chi connectivity index (χ0n) is 13.7. The van der Waals surface area contributed by atoms with Crippen molar-refractivity contribution >= 4 is 5.69 Å². The summed E-state index contributed by atoms with van der Waals surface area (Å²) in [5.41, 5.74) is 2.33. The van der Waals surface area contributed by atoms with Gasteiger partial charge in [-0.25, -0.2) is 0 Å². The third-order valence-electron chi connectivity index (χ3n) is 4.54. The van der Waals surface area contributed by atoms with Gasteiger partial charge in [-0.2, -0.15) is 5.26 Å². The lowest BCUT2D eigenvalue weighted by molar-refractivity contribution is 0.127. The predicted molar refractivity (Wildman–Crippen MR) is 92.3 cm³/mol. The predicted octanol–water partition coefficient (Wildman–Crippen LogP) is 2.97. The fraction of sp³-hybridized carbons (Fsp3) is 0.421. The standard InChI is InChI=1S/C19H23N3O2/c20-11-18-4-5-19(24-18)12-21-17-3-1-2-16(10-17)13-22-8-6-15(14-23)7-9-22/h1-5,10,15,21,23H,6-9,12-14H2. The maximum absolute atomic E-state index is 9.22. The first kappa shape index (κ1) is 16.6. The van der Waals surface area contributed by atoms with Gasteiger partial charge in [0.05, 0.1) is 6.54 Å². The first-order valence-electron chi connectivity index (χ1n) is 8.41. The van der Waals surface area contributed by atoms with Crippen LogP contribution in [0.5, 0.6) is 0 Å². The van der Waals surface area contributed by atoms with Crippen molar-refractivity contribution in [3.05, 3.63) is 53.5 Å². The Balaban J connectivity index is 1.53. The molecular formula is C19H23N3O2. The molecule has 1 aromatic heterocycles. The second kappa shape index (κ2) is 8.00. The molecule has 0 radical (unpaired) electrons. The summed E-state index contributed by atoms with van der Waals surface area (Å²) in [4.78, 5) is 2.44. The Hall–Kier alpha value is -2.29. The molecule has 1 aromatic carbocycles. The first-order chi connectivity index (χ1) is 11.8. The Labute approximate surface area is 142 Å². The van der Waals surface area contributed by atoms with Crippen LogP contribution in [-0.2, 0) is 13.1 Å². The molecule has 0 atom stereocenters. The van der Waals surface area contributed by atoms with Crippen LogP contribution in [-0.4, -0.2) is 29.7 Å². The zero-order valence-corrected chi connectivity index (χ0v) is 13.7. The minimum absolute atomic E-state index is 0.313. The van der Waals surface area contributed by atoms with Crippen molar-refractivity contribution in [1.82, 2.24) is 4.90 Å². The number of anilines is 1. The van der Waals surface area contributed by atoms with Gasteiger partial charge in [0.15, 0.2) is 0 Å². The SMILES string of the molecule is N#Cc1ccc(CNc2cccc(CN3CCC(CO)CC3)c2)o1. The van der Waals surface area contributed by atoms with E-state index in [4.69, 9.17) is 9.68 Å². The van der Waals surface area contributed by atoms with Crippen molar-refractivity contribution in [2.75, 3.05) is 25.0 Å². The lowest BCUT2D eigenvalue weighted by atomic mass is 9.97. The summed E-state index contributed by atoms with van der Waals surface area (Å²) in [7, 11) is 0. The number of rotatable bonds is 6. The van der Waals surface area contributed by atoms with E-state index in [1.165, 1.54) is 5.56 Å². The maximum Gasteiger partial charge on any atom is 0.203 e. The van der Waals surface area contributed by atoms with Crippen molar-refractivity contribution in [2.24, 2.45) is 5.92 Å². The average molecular weight is 325 g/mol. The molecule has 0 bridgehead atoms. The molecule has 0 spiro atoms. The highest BCUT2D eigenvalue weighted by Crippen LogP contribution is 2.20. The van der Waals surface area contributed by atoms with Crippen molar-refractivity contribution < 1.29 is 9.52 Å². The highest BCUT2D eigenvalue weighted by Gasteiger charge is 2.18. The van der Waals surface area contributed by atoms with Gasteiger partial charge in [0.1, 0.15) is 11.8 Å². The molecule has 0 saturated carbocycles. The summed E-state index contributed by atoms with van der Waals surface area (Å²) in [6.45, 7) is 3.91. The molecule has 1 fully saturated rings. The Kier molecular flexibility index (Phi) is 5.52. The molecule has 2 N–H and O–H groups in total. The van der Waals surface area contributed by atoms with Crippen molar-refractivity contribution in [3.63, 3.8) is 0 Å². The van der Waals surface area contributed by atoms with Crippen LogP contribution in [0.3, 0.4) is 0 Å². The number of piperidine rings is 1. The van der Waals surface area contributed by atoms with Gasteiger partial charge < -0.3 is 14.8 Å². The van der Waals surface area contributed by atoms with E-state index in [1.807, 2.05) is 18.2 Å². The fourth-order valence-corrected chi connectivity index (χ4v) is 3.09. The highest BCUT2D eigenvalue weighted by atomic mass is 16.3. The highest BCUT2D eigenvalue weighted by molar-refractivity contribution is 5.46. The number of furan rings is 1. The van der Waals surface area contributed by atoms with E-state index in [2.05, 4.69) is 28.4 Å². The minimum atomic E-state index is 0.313. The Morgan fingerprint density at radius 2 is 2.08 bits per heavy atom. The summed E-state index contributed by atoms with van der Waals surface area (Å²) in [6, 6.07) is 13.9. The normalized spacial score (nSPS) is 16.0. The van der Waals surface area contributed by atoms with Crippen LogP contribution in [0.4, 0.5) is 5.69 Å². The van der Waals surface area contributed by atoms with E-state index >= 15 is 0 Å². The molecule has 5 nitrogen and oxygen atoms in total. The average Bonchev–Trinajstić information content (AvgIpc) is 3.09. The van der Waals surface area contributed by atoms with Crippen LogP contribution in [0.2, 0.25) is 0 Å². The van der Waals surface area contributed by atoms with E-state index in [1.54, 1.807) is 6.07 Å². The van der Waals surface area contributed by atoms with Crippen molar-refractivity contribution in [2.45, 2.75) is 25.9 Å². The summed E-state index contributed by atoms with van der Waals surface area (Å²) in [5.74, 6) is 1.57. The van der Waals surface area contributed by atoms with E-state index in [0.29, 0.717) is 24.8 Å². The number of nitrogens with zero attached hydrogens (tertiary/aromatic N) is 2. The van der Waals surface area contributed by atoms with Gasteiger partial charge in [-0.3, -0.25) is 4.90 Å². The molecular weight excluding hydrogens is 302 g/mol. The smallest absolute Gasteiger partial charge is 0.203 e. The summed E-state index contributed by atoms with van der Waals surface area (Å²) in [6.07, 6.45) is 2.16. The van der Waals surface area contributed by atoms with Crippen LogP contribution in [0, 0.1) is 17.2 Å². The number of aliphatic hydroxyl groups excluding tert-OH is 1. The van der Waals surface area contributed by atoms with Crippen molar-refractivity contribution in [3.8, 4) is 6.07 Å². The molecule has 0 amide bonds. The molecule has 0 unspecified atom stereocenters. The number of hydrogen-bond acceptors (Lipinski definition) is 5. The fourth-order valence-electron chi connectivity index (χ4n) is 3.09. The van der Waals surface area contributed by atoms with Gasteiger partial charge in [0, 0.05) is 18.8 Å². The Morgan fingerprint density at radius 1 is 1.25 bits per heavy atom. The lowest BCUT2D eigenvalue weighted by Crippen LogP contribution is -2.34. The van der Waals surface area contributed by atoms with E-state index in [-0.39, 0.29) is 0 Å². The van der Waals surface area contributed by atoms with Gasteiger partial charge >= 0.3 is 0 Å². The number of nitrogens with one attached hydrogen (secondary N) is 1. The van der Waals surface area contributed by atoms with Crippen LogP contribution in [0.25, 0.3) is 0 Å². The topological polar surface area (TPSA) is 72.4 Å². The molecule has 3 rings (SSSR count). The van der Waals surface area contributed by atoms with Crippen molar-refractivity contribution in [1.29, 1.82) is 5.26 Å². The molecule has 1 aliphatic rings. The molecule has 1 saturated heterocycles. The third kappa shape index (κ3) is 4.38. The Bertz CT molecular complexity index is 697. The largest absolute Gasteiger partial charge is 0.449 e. The number of aliphatic hydroxyl groups is 1. The third-order valence-corrected chi connectivity index (χ3v) is 4.54. The van der Waals surface area contributed by atoms with Gasteiger partial charge in [0.25, 0.3) is 0 Å². The summed E-state index contributed by atoms with van der Waals surface area (Å²) < 4.78 is 5.37. The molecule has 2 aromatic rings. The first-order valence-corrected chi connectivity index (χ1v) is 8.41. The van der Waals surface area contributed by atoms with Crippen LogP contribution in [0.1, 0.15) is 29.9 Å². The lowest BCUT2D eigenvalue weighted by Gasteiger charge is -2.31. The molecule has 24 heavy (non-hydrogen) atoms. The van der Waals surface area contributed by atoms with Crippen LogP contribution in [0.15, 0.2) is 40.8 Å². The quantitative estimate of drug-likeness (QED) is 0.854. The summed E-state index contributed by atoms with van der Waals surface area (Å²) in [5, 5.41) is 21.3. The van der Waals surface area contributed by atoms with E-state index in [9.17, 15) is 5.11 Å². The number of likely N-dealkylation sites (tertiary alicyclic amines) is 1. The minimum Gasteiger partial charge on any atom is -0.449 e. The summed E-state index contributed by atoms with van der Waals surface area (Å²) >= 11 is 0. The second-order valence-electron chi connectivity index (χ2n) is 6.33. The van der Waals surface area contributed by atoms with Gasteiger partial charge in [-0.1, -0.05) is 12.1 Å². The number of hydrogen-bond donors (Lipinski definition) is 2. The number of benzene rings is 1.